The molecule has 0 saturated carbocycles. The first-order chi connectivity index (χ1) is 10.8. The van der Waals surface area contributed by atoms with Gasteiger partial charge in [0.05, 0.1) is 11.3 Å². The zero-order valence-corrected chi connectivity index (χ0v) is 12.4. The summed E-state index contributed by atoms with van der Waals surface area (Å²) in [4.78, 5) is 26.7. The van der Waals surface area contributed by atoms with Crippen LogP contribution in [-0.2, 0) is 0 Å². The first-order valence-electron chi connectivity index (χ1n) is 7.55. The molecule has 0 aromatic carbocycles. The molecule has 1 saturated heterocycles. The highest BCUT2D eigenvalue weighted by Gasteiger charge is 2.12. The SMILES string of the molecule is O=C(NCCN1CCCC1)c1ccc(-c2cncnc2)nc1. The van der Waals surface area contributed by atoms with E-state index in [-0.39, 0.29) is 5.91 Å². The third-order valence-corrected chi connectivity index (χ3v) is 3.79. The highest BCUT2D eigenvalue weighted by Crippen LogP contribution is 2.14. The zero-order chi connectivity index (χ0) is 15.2. The normalized spacial score (nSPS) is 14.9. The summed E-state index contributed by atoms with van der Waals surface area (Å²) >= 11 is 0. The molecule has 1 N–H and O–H groups in total. The Morgan fingerprint density at radius 2 is 1.91 bits per heavy atom. The van der Waals surface area contributed by atoms with Crippen molar-refractivity contribution in [3.63, 3.8) is 0 Å². The highest BCUT2D eigenvalue weighted by molar-refractivity contribution is 5.94. The van der Waals surface area contributed by atoms with E-state index in [2.05, 4.69) is 25.2 Å². The van der Waals surface area contributed by atoms with Crippen LogP contribution >= 0.6 is 0 Å². The molecule has 0 spiro atoms. The maximum atomic E-state index is 12.1. The molecule has 1 aliphatic heterocycles. The van der Waals surface area contributed by atoms with Crippen LogP contribution in [-0.4, -0.2) is 51.9 Å². The number of likely N-dealkylation sites (tertiary alicyclic amines) is 1. The second kappa shape index (κ2) is 7.09. The summed E-state index contributed by atoms with van der Waals surface area (Å²) < 4.78 is 0. The van der Waals surface area contributed by atoms with Gasteiger partial charge in [-0.05, 0) is 38.1 Å². The molecule has 3 heterocycles. The van der Waals surface area contributed by atoms with Gasteiger partial charge in [-0.15, -0.1) is 0 Å². The van der Waals surface area contributed by atoms with Crippen LogP contribution < -0.4 is 5.32 Å². The van der Waals surface area contributed by atoms with Gasteiger partial charge in [-0.2, -0.15) is 0 Å². The highest BCUT2D eigenvalue weighted by atomic mass is 16.1. The van der Waals surface area contributed by atoms with Gasteiger partial charge < -0.3 is 10.2 Å². The molecule has 6 heteroatoms. The molecular weight excluding hydrogens is 278 g/mol. The lowest BCUT2D eigenvalue weighted by Gasteiger charge is -2.14. The molecule has 2 aromatic heterocycles. The number of hydrogen-bond acceptors (Lipinski definition) is 5. The number of carbonyl (C=O) groups excluding carboxylic acids is 1. The van der Waals surface area contributed by atoms with Gasteiger partial charge in [-0.1, -0.05) is 0 Å². The van der Waals surface area contributed by atoms with Crippen LogP contribution in [0, 0.1) is 0 Å². The average molecular weight is 297 g/mol. The molecule has 2 aromatic rings. The Bertz CT molecular complexity index is 608. The van der Waals surface area contributed by atoms with E-state index in [4.69, 9.17) is 0 Å². The van der Waals surface area contributed by atoms with Gasteiger partial charge in [-0.3, -0.25) is 9.78 Å². The topological polar surface area (TPSA) is 71.0 Å². The van der Waals surface area contributed by atoms with E-state index in [0.29, 0.717) is 12.1 Å². The van der Waals surface area contributed by atoms with Crippen molar-refractivity contribution in [3.8, 4) is 11.3 Å². The van der Waals surface area contributed by atoms with E-state index >= 15 is 0 Å². The largest absolute Gasteiger partial charge is 0.351 e. The second-order valence-electron chi connectivity index (χ2n) is 5.36. The van der Waals surface area contributed by atoms with Crippen molar-refractivity contribution in [2.45, 2.75) is 12.8 Å². The summed E-state index contributed by atoms with van der Waals surface area (Å²) in [6.45, 7) is 3.88. The van der Waals surface area contributed by atoms with Crippen LogP contribution in [0.15, 0.2) is 37.1 Å². The molecule has 6 nitrogen and oxygen atoms in total. The van der Waals surface area contributed by atoms with Gasteiger partial charge in [0.1, 0.15) is 6.33 Å². The Kier molecular flexibility index (Phi) is 4.70. The minimum Gasteiger partial charge on any atom is -0.351 e. The van der Waals surface area contributed by atoms with E-state index in [1.54, 1.807) is 24.7 Å². The van der Waals surface area contributed by atoms with Crippen molar-refractivity contribution in [3.05, 3.63) is 42.6 Å². The van der Waals surface area contributed by atoms with Crippen LogP contribution in [0.2, 0.25) is 0 Å². The summed E-state index contributed by atoms with van der Waals surface area (Å²) in [5, 5.41) is 2.94. The lowest BCUT2D eigenvalue weighted by atomic mass is 10.2. The number of nitrogens with one attached hydrogen (secondary N) is 1. The van der Waals surface area contributed by atoms with Crippen molar-refractivity contribution < 1.29 is 4.79 Å². The summed E-state index contributed by atoms with van der Waals surface area (Å²) in [6.07, 6.45) is 9.00. The molecular formula is C16H19N5O. The summed E-state index contributed by atoms with van der Waals surface area (Å²) in [6, 6.07) is 3.59. The Hall–Kier alpha value is -2.34. The van der Waals surface area contributed by atoms with E-state index < -0.39 is 0 Å². The third-order valence-electron chi connectivity index (χ3n) is 3.79. The van der Waals surface area contributed by atoms with Crippen LogP contribution in [0.1, 0.15) is 23.2 Å². The molecule has 0 atom stereocenters. The van der Waals surface area contributed by atoms with Crippen LogP contribution in [0.5, 0.6) is 0 Å². The van der Waals surface area contributed by atoms with Crippen LogP contribution in [0.3, 0.4) is 0 Å². The Morgan fingerprint density at radius 1 is 1.14 bits per heavy atom. The Balaban J connectivity index is 1.54. The number of amides is 1. The molecule has 22 heavy (non-hydrogen) atoms. The summed E-state index contributed by atoms with van der Waals surface area (Å²) in [5.74, 6) is -0.0810. The quantitative estimate of drug-likeness (QED) is 0.902. The molecule has 0 radical (unpaired) electrons. The second-order valence-corrected chi connectivity index (χ2v) is 5.36. The predicted molar refractivity (Wildman–Crippen MR) is 83.3 cm³/mol. The smallest absolute Gasteiger partial charge is 0.252 e. The molecule has 0 aliphatic carbocycles. The van der Waals surface area contributed by atoms with Gasteiger partial charge in [0.2, 0.25) is 0 Å². The maximum Gasteiger partial charge on any atom is 0.252 e. The van der Waals surface area contributed by atoms with Crippen LogP contribution in [0.25, 0.3) is 11.3 Å². The number of hydrogen-bond donors (Lipinski definition) is 1. The Labute approximate surface area is 129 Å². The number of pyridine rings is 1. The number of nitrogens with zero attached hydrogens (tertiary/aromatic N) is 4. The molecule has 0 unspecified atom stereocenters. The van der Waals surface area contributed by atoms with Crippen molar-refractivity contribution in [2.75, 3.05) is 26.2 Å². The van der Waals surface area contributed by atoms with Crippen molar-refractivity contribution in [2.24, 2.45) is 0 Å². The maximum absolute atomic E-state index is 12.1. The molecule has 1 aliphatic rings. The average Bonchev–Trinajstić information content (AvgIpc) is 3.09. The fourth-order valence-corrected chi connectivity index (χ4v) is 2.57. The van der Waals surface area contributed by atoms with E-state index in [1.165, 1.54) is 19.2 Å². The standard InChI is InChI=1S/C16H19N5O/c22-16(19-5-8-21-6-1-2-7-21)13-3-4-15(20-11-13)14-9-17-12-18-10-14/h3-4,9-12H,1-2,5-8H2,(H,19,22). The first-order valence-corrected chi connectivity index (χ1v) is 7.55. The summed E-state index contributed by atoms with van der Waals surface area (Å²) in [7, 11) is 0. The van der Waals surface area contributed by atoms with Gasteiger partial charge in [0, 0.05) is 37.2 Å². The number of aromatic nitrogens is 3. The van der Waals surface area contributed by atoms with Crippen LogP contribution in [0.4, 0.5) is 0 Å². The predicted octanol–water partition coefficient (Wildman–Crippen LogP) is 1.36. The van der Waals surface area contributed by atoms with Gasteiger partial charge in [-0.25, -0.2) is 9.97 Å². The molecule has 1 amide bonds. The molecule has 0 bridgehead atoms. The number of rotatable bonds is 5. The minimum absolute atomic E-state index is 0.0810. The van der Waals surface area contributed by atoms with Crippen molar-refractivity contribution in [1.82, 2.24) is 25.2 Å². The fraction of sp³-hybridized carbons (Fsp3) is 0.375. The molecule has 1 fully saturated rings. The zero-order valence-electron chi connectivity index (χ0n) is 12.4. The van der Waals surface area contributed by atoms with Crippen molar-refractivity contribution in [1.29, 1.82) is 0 Å². The number of carbonyl (C=O) groups is 1. The fourth-order valence-electron chi connectivity index (χ4n) is 2.57. The monoisotopic (exact) mass is 297 g/mol. The Morgan fingerprint density at radius 3 is 2.59 bits per heavy atom. The lowest BCUT2D eigenvalue weighted by Crippen LogP contribution is -2.33. The van der Waals surface area contributed by atoms with Gasteiger partial charge in [0.25, 0.3) is 5.91 Å². The van der Waals surface area contributed by atoms with E-state index in [9.17, 15) is 4.79 Å². The molecule has 3 rings (SSSR count). The lowest BCUT2D eigenvalue weighted by molar-refractivity contribution is 0.0949. The van der Waals surface area contributed by atoms with E-state index in [0.717, 1.165) is 30.9 Å². The van der Waals surface area contributed by atoms with Gasteiger partial charge >= 0.3 is 0 Å². The van der Waals surface area contributed by atoms with Crippen molar-refractivity contribution >= 4 is 5.91 Å². The van der Waals surface area contributed by atoms with E-state index in [1.807, 2.05) is 6.07 Å². The van der Waals surface area contributed by atoms with Gasteiger partial charge in [0.15, 0.2) is 0 Å². The summed E-state index contributed by atoms with van der Waals surface area (Å²) in [5.41, 5.74) is 2.17. The minimum atomic E-state index is -0.0810. The first kappa shape index (κ1) is 14.6. The molecule has 114 valence electrons. The third kappa shape index (κ3) is 3.65.